The van der Waals surface area contributed by atoms with Gasteiger partial charge in [0.25, 0.3) is 5.91 Å². The third-order valence-electron chi connectivity index (χ3n) is 7.64. The molecule has 0 saturated heterocycles. The van der Waals surface area contributed by atoms with E-state index in [1.807, 2.05) is 42.5 Å². The molecule has 3 aliphatic carbocycles. The fraction of sp³-hybridized carbons (Fsp3) is 0.462. The number of ether oxygens (including phenoxy) is 2. The molecule has 4 atom stereocenters. The molecule has 7 heteroatoms. The average Bonchev–Trinajstić information content (AvgIpc) is 2.84. The molecule has 174 valence electrons. The van der Waals surface area contributed by atoms with Gasteiger partial charge in [-0.25, -0.2) is 0 Å². The van der Waals surface area contributed by atoms with Crippen LogP contribution in [0.4, 0.5) is 5.69 Å². The van der Waals surface area contributed by atoms with Crippen molar-refractivity contribution in [2.45, 2.75) is 37.8 Å². The largest absolute Gasteiger partial charge is 0.493 e. The molecule has 2 aromatic carbocycles. The van der Waals surface area contributed by atoms with E-state index in [2.05, 4.69) is 16.0 Å². The molecule has 33 heavy (non-hydrogen) atoms. The van der Waals surface area contributed by atoms with Crippen LogP contribution in [-0.4, -0.2) is 38.2 Å². The van der Waals surface area contributed by atoms with Crippen molar-refractivity contribution in [3.8, 4) is 11.5 Å². The number of hydrogen-bond acceptors (Lipinski definition) is 5. The van der Waals surface area contributed by atoms with Crippen LogP contribution in [0.5, 0.6) is 11.5 Å². The Morgan fingerprint density at radius 2 is 1.91 bits per heavy atom. The number of benzene rings is 2. The van der Waals surface area contributed by atoms with Gasteiger partial charge in [-0.1, -0.05) is 18.2 Å². The summed E-state index contributed by atoms with van der Waals surface area (Å²) in [5, 5.41) is 10.0. The van der Waals surface area contributed by atoms with Crippen molar-refractivity contribution in [3.05, 3.63) is 53.6 Å². The van der Waals surface area contributed by atoms with E-state index >= 15 is 0 Å². The molecule has 2 aromatic rings. The lowest BCUT2D eigenvalue weighted by molar-refractivity contribution is -0.132. The van der Waals surface area contributed by atoms with Gasteiger partial charge in [0.2, 0.25) is 5.91 Å². The zero-order valence-corrected chi connectivity index (χ0v) is 19.1. The van der Waals surface area contributed by atoms with E-state index < -0.39 is 5.66 Å². The monoisotopic (exact) mass is 449 g/mol. The fourth-order valence-corrected chi connectivity index (χ4v) is 5.96. The quantitative estimate of drug-likeness (QED) is 0.630. The maximum absolute atomic E-state index is 13.1. The highest BCUT2D eigenvalue weighted by molar-refractivity contribution is 6.02. The Morgan fingerprint density at radius 1 is 1.09 bits per heavy atom. The first-order chi connectivity index (χ1) is 16.0. The third kappa shape index (κ3) is 3.90. The number of para-hydroxylation sites is 1. The van der Waals surface area contributed by atoms with Gasteiger partial charge in [0.05, 0.1) is 19.8 Å². The number of rotatable bonds is 6. The first-order valence-corrected chi connectivity index (χ1v) is 11.7. The molecular weight excluding hydrogens is 418 g/mol. The summed E-state index contributed by atoms with van der Waals surface area (Å²) < 4.78 is 10.7. The highest BCUT2D eigenvalue weighted by Gasteiger charge is 2.55. The molecule has 2 amide bonds. The molecule has 2 bridgehead atoms. The minimum absolute atomic E-state index is 0.00403. The summed E-state index contributed by atoms with van der Waals surface area (Å²) in [6, 6.07) is 13.5. The molecule has 3 saturated carbocycles. The number of anilines is 1. The standard InChI is InChI=1S/C26H31N3O4/c1-32-22-10-7-16(13-23(22)33-2)11-12-27-24(30)20-14-18-9-8-17(20)15-26(18)28-21-6-4-3-5-19(21)25(31)29-26/h3-7,10,13,17-18,20,28H,8-9,11-12,14-15H2,1-2H3,(H,27,30)(H,29,31)/t17-,18+,20-,26-/m1/s1. The van der Waals surface area contributed by atoms with Crippen LogP contribution in [0.25, 0.3) is 0 Å². The smallest absolute Gasteiger partial charge is 0.255 e. The molecule has 0 unspecified atom stereocenters. The van der Waals surface area contributed by atoms with Crippen LogP contribution in [-0.2, 0) is 11.2 Å². The lowest BCUT2D eigenvalue weighted by Gasteiger charge is -2.56. The first kappa shape index (κ1) is 21.6. The Labute approximate surface area is 194 Å². The Morgan fingerprint density at radius 3 is 2.67 bits per heavy atom. The highest BCUT2D eigenvalue weighted by Crippen LogP contribution is 2.51. The first-order valence-electron chi connectivity index (χ1n) is 11.7. The Bertz CT molecular complexity index is 1070. The van der Waals surface area contributed by atoms with E-state index in [9.17, 15) is 9.59 Å². The van der Waals surface area contributed by atoms with Gasteiger partial charge >= 0.3 is 0 Å². The molecule has 6 rings (SSSR count). The number of hydrogen-bond donors (Lipinski definition) is 3. The van der Waals surface area contributed by atoms with Crippen LogP contribution < -0.4 is 25.4 Å². The predicted molar refractivity (Wildman–Crippen MR) is 125 cm³/mol. The van der Waals surface area contributed by atoms with Crippen molar-refractivity contribution in [2.75, 3.05) is 26.1 Å². The number of amides is 2. The maximum atomic E-state index is 13.1. The predicted octanol–water partition coefficient (Wildman–Crippen LogP) is 3.35. The maximum Gasteiger partial charge on any atom is 0.255 e. The van der Waals surface area contributed by atoms with Crippen LogP contribution >= 0.6 is 0 Å². The van der Waals surface area contributed by atoms with Gasteiger partial charge in [0.15, 0.2) is 11.5 Å². The minimum Gasteiger partial charge on any atom is -0.493 e. The van der Waals surface area contributed by atoms with Gasteiger partial charge in [0, 0.05) is 24.1 Å². The van der Waals surface area contributed by atoms with Gasteiger partial charge in [-0.05, 0) is 67.9 Å². The molecular formula is C26H31N3O4. The van der Waals surface area contributed by atoms with Crippen LogP contribution in [0.2, 0.25) is 0 Å². The molecule has 0 radical (unpaired) electrons. The van der Waals surface area contributed by atoms with E-state index in [0.717, 1.165) is 43.4 Å². The summed E-state index contributed by atoms with van der Waals surface area (Å²) >= 11 is 0. The topological polar surface area (TPSA) is 88.7 Å². The number of fused-ring (bicyclic) bond motifs is 3. The summed E-state index contributed by atoms with van der Waals surface area (Å²) in [5.41, 5.74) is 2.23. The summed E-state index contributed by atoms with van der Waals surface area (Å²) in [4.78, 5) is 25.8. The van der Waals surface area contributed by atoms with E-state index in [1.165, 1.54) is 0 Å². The van der Waals surface area contributed by atoms with Crippen molar-refractivity contribution in [3.63, 3.8) is 0 Å². The van der Waals surface area contributed by atoms with Gasteiger partial charge in [-0.15, -0.1) is 0 Å². The molecule has 7 nitrogen and oxygen atoms in total. The second-order valence-electron chi connectivity index (χ2n) is 9.41. The lowest BCUT2D eigenvalue weighted by atomic mass is 9.58. The Kier molecular flexibility index (Phi) is 5.64. The second-order valence-corrected chi connectivity index (χ2v) is 9.41. The van der Waals surface area contributed by atoms with Crippen LogP contribution in [0.15, 0.2) is 42.5 Å². The molecule has 3 fully saturated rings. The fourth-order valence-electron chi connectivity index (χ4n) is 5.96. The normalized spacial score (nSPS) is 27.3. The van der Waals surface area contributed by atoms with E-state index in [0.29, 0.717) is 23.6 Å². The van der Waals surface area contributed by atoms with Crippen molar-refractivity contribution in [1.82, 2.24) is 10.6 Å². The van der Waals surface area contributed by atoms with E-state index in [1.54, 1.807) is 14.2 Å². The van der Waals surface area contributed by atoms with Crippen molar-refractivity contribution >= 4 is 17.5 Å². The Hall–Kier alpha value is -3.22. The van der Waals surface area contributed by atoms with Gasteiger partial charge in [0.1, 0.15) is 5.66 Å². The van der Waals surface area contributed by atoms with Crippen molar-refractivity contribution < 1.29 is 19.1 Å². The van der Waals surface area contributed by atoms with Gasteiger partial charge in [-0.3, -0.25) is 9.59 Å². The number of methoxy groups -OCH3 is 2. The number of carbonyl (C=O) groups excluding carboxylic acids is 2. The summed E-state index contributed by atoms with van der Waals surface area (Å²) in [6.07, 6.45) is 4.36. The zero-order chi connectivity index (χ0) is 23.0. The summed E-state index contributed by atoms with van der Waals surface area (Å²) in [7, 11) is 3.24. The van der Waals surface area contributed by atoms with E-state index in [-0.39, 0.29) is 29.6 Å². The minimum atomic E-state index is -0.440. The third-order valence-corrected chi connectivity index (χ3v) is 7.64. The lowest BCUT2D eigenvalue weighted by Crippen LogP contribution is -2.68. The van der Waals surface area contributed by atoms with Crippen molar-refractivity contribution in [2.24, 2.45) is 17.8 Å². The van der Waals surface area contributed by atoms with Gasteiger partial charge in [-0.2, -0.15) is 0 Å². The van der Waals surface area contributed by atoms with E-state index in [4.69, 9.17) is 9.47 Å². The average molecular weight is 450 g/mol. The molecule has 4 aliphatic rings. The SMILES string of the molecule is COc1ccc(CCNC(=O)[C@@H]2C[C@@H]3CC[C@@H]2C[C@@]32NC(=O)c3ccccc3N2)cc1OC. The van der Waals surface area contributed by atoms with Crippen molar-refractivity contribution in [1.29, 1.82) is 0 Å². The zero-order valence-electron chi connectivity index (χ0n) is 19.1. The summed E-state index contributed by atoms with van der Waals surface area (Å²) in [6.45, 7) is 0.579. The molecule has 0 aromatic heterocycles. The number of nitrogens with one attached hydrogen (secondary N) is 3. The summed E-state index contributed by atoms with van der Waals surface area (Å²) in [5.74, 6) is 1.99. The highest BCUT2D eigenvalue weighted by atomic mass is 16.5. The second kappa shape index (κ2) is 8.61. The van der Waals surface area contributed by atoms with Crippen LogP contribution in [0.3, 0.4) is 0 Å². The molecule has 1 spiro atoms. The van der Waals surface area contributed by atoms with Gasteiger partial charge < -0.3 is 25.4 Å². The molecule has 1 aliphatic heterocycles. The van der Waals surface area contributed by atoms with Crippen LogP contribution in [0.1, 0.15) is 41.6 Å². The molecule has 3 N–H and O–H groups in total. The van der Waals surface area contributed by atoms with Crippen LogP contribution in [0, 0.1) is 17.8 Å². The Balaban J connectivity index is 1.21. The molecule has 1 heterocycles. The number of carbonyl (C=O) groups is 2.